The van der Waals surface area contributed by atoms with Crippen LogP contribution >= 0.6 is 0 Å². The second kappa shape index (κ2) is 5.62. The first-order chi connectivity index (χ1) is 9.08. The van der Waals surface area contributed by atoms with Crippen molar-refractivity contribution in [1.29, 1.82) is 0 Å². The number of benzene rings is 1. The lowest BCUT2D eigenvalue weighted by atomic mass is 10.1. The molecule has 0 amide bonds. The van der Waals surface area contributed by atoms with Gasteiger partial charge < -0.3 is 9.84 Å². The number of hydrogen-bond donors (Lipinski definition) is 1. The Balaban J connectivity index is 2.07. The standard InChI is InChI=1S/C13H15N3O3/c1-9-7-11(15-19-9)8-14-10(2)12-5-3-4-6-13(12)16(17)18/h3-7,10,14H,8H2,1-2H3. The van der Waals surface area contributed by atoms with Gasteiger partial charge in [-0.1, -0.05) is 23.4 Å². The summed E-state index contributed by atoms with van der Waals surface area (Å²) < 4.78 is 4.97. The number of nitro benzene ring substituents is 1. The Morgan fingerprint density at radius 2 is 2.21 bits per heavy atom. The zero-order valence-corrected chi connectivity index (χ0v) is 10.8. The first kappa shape index (κ1) is 13.2. The van der Waals surface area contributed by atoms with Crippen molar-refractivity contribution in [2.45, 2.75) is 26.4 Å². The number of aromatic nitrogens is 1. The number of rotatable bonds is 5. The summed E-state index contributed by atoms with van der Waals surface area (Å²) in [5.41, 5.74) is 1.56. The molecular weight excluding hydrogens is 246 g/mol. The van der Waals surface area contributed by atoms with E-state index >= 15 is 0 Å². The van der Waals surface area contributed by atoms with Gasteiger partial charge in [0.2, 0.25) is 0 Å². The molecule has 19 heavy (non-hydrogen) atoms. The van der Waals surface area contributed by atoms with Crippen molar-refractivity contribution >= 4 is 5.69 Å². The Bertz CT molecular complexity index is 580. The van der Waals surface area contributed by atoms with E-state index in [2.05, 4.69) is 10.5 Å². The van der Waals surface area contributed by atoms with Gasteiger partial charge in [0.25, 0.3) is 5.69 Å². The molecule has 2 aromatic rings. The second-order valence-corrected chi connectivity index (χ2v) is 4.35. The molecule has 1 heterocycles. The summed E-state index contributed by atoms with van der Waals surface area (Å²) in [6, 6.07) is 8.41. The van der Waals surface area contributed by atoms with Gasteiger partial charge in [-0.15, -0.1) is 0 Å². The van der Waals surface area contributed by atoms with Crippen molar-refractivity contribution in [3.63, 3.8) is 0 Å². The van der Waals surface area contributed by atoms with E-state index in [1.54, 1.807) is 18.2 Å². The van der Waals surface area contributed by atoms with Gasteiger partial charge in [0, 0.05) is 30.3 Å². The fraction of sp³-hybridized carbons (Fsp3) is 0.308. The Labute approximate surface area is 110 Å². The maximum Gasteiger partial charge on any atom is 0.274 e. The van der Waals surface area contributed by atoms with Crippen molar-refractivity contribution in [3.05, 3.63) is 57.5 Å². The van der Waals surface area contributed by atoms with Crippen molar-refractivity contribution in [2.75, 3.05) is 0 Å². The van der Waals surface area contributed by atoms with E-state index in [1.807, 2.05) is 19.9 Å². The van der Waals surface area contributed by atoms with Gasteiger partial charge in [-0.05, 0) is 13.8 Å². The number of nitrogens with one attached hydrogen (secondary N) is 1. The third kappa shape index (κ3) is 3.17. The maximum atomic E-state index is 11.0. The summed E-state index contributed by atoms with van der Waals surface area (Å²) in [6.07, 6.45) is 0. The molecule has 1 unspecified atom stereocenters. The summed E-state index contributed by atoms with van der Waals surface area (Å²) in [5.74, 6) is 0.746. The number of para-hydroxylation sites is 1. The van der Waals surface area contributed by atoms with Crippen molar-refractivity contribution in [3.8, 4) is 0 Å². The minimum Gasteiger partial charge on any atom is -0.361 e. The molecule has 6 heteroatoms. The largest absolute Gasteiger partial charge is 0.361 e. The van der Waals surface area contributed by atoms with Crippen LogP contribution in [0.3, 0.4) is 0 Å². The minimum atomic E-state index is -0.367. The summed E-state index contributed by atoms with van der Waals surface area (Å²) >= 11 is 0. The average Bonchev–Trinajstić information content (AvgIpc) is 2.81. The minimum absolute atomic E-state index is 0.124. The third-order valence-electron chi connectivity index (χ3n) is 2.87. The summed E-state index contributed by atoms with van der Waals surface area (Å²) in [5, 5.41) is 18.0. The van der Waals surface area contributed by atoms with Crippen molar-refractivity contribution in [2.24, 2.45) is 0 Å². The van der Waals surface area contributed by atoms with Crippen LogP contribution < -0.4 is 5.32 Å². The second-order valence-electron chi connectivity index (χ2n) is 4.35. The van der Waals surface area contributed by atoms with E-state index in [0.29, 0.717) is 12.1 Å². The highest BCUT2D eigenvalue weighted by Gasteiger charge is 2.17. The molecule has 2 rings (SSSR count). The molecule has 0 aliphatic heterocycles. The lowest BCUT2D eigenvalue weighted by Crippen LogP contribution is -2.19. The highest BCUT2D eigenvalue weighted by Crippen LogP contribution is 2.24. The van der Waals surface area contributed by atoms with Crippen LogP contribution in [-0.2, 0) is 6.54 Å². The van der Waals surface area contributed by atoms with Gasteiger partial charge in [0.05, 0.1) is 10.6 Å². The van der Waals surface area contributed by atoms with Crippen LogP contribution in [0.1, 0.15) is 30.0 Å². The molecule has 0 radical (unpaired) electrons. The number of nitrogens with zero attached hydrogens (tertiary/aromatic N) is 2. The van der Waals surface area contributed by atoms with Crippen LogP contribution in [-0.4, -0.2) is 10.1 Å². The highest BCUT2D eigenvalue weighted by molar-refractivity contribution is 5.41. The zero-order valence-electron chi connectivity index (χ0n) is 10.8. The van der Waals surface area contributed by atoms with Gasteiger partial charge in [0.15, 0.2) is 0 Å². The van der Waals surface area contributed by atoms with Crippen LogP contribution in [0.5, 0.6) is 0 Å². The van der Waals surface area contributed by atoms with Crippen molar-refractivity contribution in [1.82, 2.24) is 10.5 Å². The fourth-order valence-electron chi connectivity index (χ4n) is 1.89. The van der Waals surface area contributed by atoms with E-state index in [0.717, 1.165) is 11.5 Å². The van der Waals surface area contributed by atoms with Crippen LogP contribution in [0.4, 0.5) is 5.69 Å². The van der Waals surface area contributed by atoms with E-state index in [9.17, 15) is 10.1 Å². The third-order valence-corrected chi connectivity index (χ3v) is 2.87. The van der Waals surface area contributed by atoms with Gasteiger partial charge >= 0.3 is 0 Å². The lowest BCUT2D eigenvalue weighted by molar-refractivity contribution is -0.385. The first-order valence-electron chi connectivity index (χ1n) is 5.97. The average molecular weight is 261 g/mol. The Morgan fingerprint density at radius 3 is 2.84 bits per heavy atom. The first-order valence-corrected chi connectivity index (χ1v) is 5.97. The van der Waals surface area contributed by atoms with Crippen molar-refractivity contribution < 1.29 is 9.45 Å². The molecule has 0 aliphatic carbocycles. The molecule has 1 aromatic heterocycles. The lowest BCUT2D eigenvalue weighted by Gasteiger charge is -2.13. The molecule has 1 atom stereocenters. The van der Waals surface area contributed by atoms with E-state index in [-0.39, 0.29) is 16.7 Å². The van der Waals surface area contributed by atoms with Gasteiger partial charge in [-0.25, -0.2) is 0 Å². The Morgan fingerprint density at radius 1 is 1.47 bits per heavy atom. The molecule has 0 saturated carbocycles. The fourth-order valence-corrected chi connectivity index (χ4v) is 1.89. The summed E-state index contributed by atoms with van der Waals surface area (Å²) in [7, 11) is 0. The molecule has 0 spiro atoms. The predicted molar refractivity (Wildman–Crippen MR) is 69.6 cm³/mol. The molecule has 0 fully saturated rings. The van der Waals surface area contributed by atoms with Gasteiger partial charge in [0.1, 0.15) is 5.76 Å². The molecule has 1 N–H and O–H groups in total. The monoisotopic (exact) mass is 261 g/mol. The molecular formula is C13H15N3O3. The van der Waals surface area contributed by atoms with Gasteiger partial charge in [-0.3, -0.25) is 10.1 Å². The predicted octanol–water partition coefficient (Wildman–Crippen LogP) is 2.74. The summed E-state index contributed by atoms with van der Waals surface area (Å²) in [4.78, 5) is 10.6. The molecule has 1 aromatic carbocycles. The molecule has 6 nitrogen and oxygen atoms in total. The van der Waals surface area contributed by atoms with Crippen LogP contribution in [0.15, 0.2) is 34.9 Å². The maximum absolute atomic E-state index is 11.0. The van der Waals surface area contributed by atoms with Crippen LogP contribution in [0.25, 0.3) is 0 Å². The Kier molecular flexibility index (Phi) is 3.91. The van der Waals surface area contributed by atoms with Crippen LogP contribution in [0, 0.1) is 17.0 Å². The van der Waals surface area contributed by atoms with E-state index in [4.69, 9.17) is 4.52 Å². The molecule has 0 saturated heterocycles. The molecule has 0 bridgehead atoms. The highest BCUT2D eigenvalue weighted by atomic mass is 16.6. The number of aryl methyl sites for hydroxylation is 1. The smallest absolute Gasteiger partial charge is 0.274 e. The molecule has 0 aliphatic rings. The SMILES string of the molecule is Cc1cc(CNC(C)c2ccccc2[N+](=O)[O-])no1. The number of hydrogen-bond acceptors (Lipinski definition) is 5. The quantitative estimate of drug-likeness (QED) is 0.661. The number of nitro groups is 1. The van der Waals surface area contributed by atoms with E-state index < -0.39 is 0 Å². The molecule has 100 valence electrons. The summed E-state index contributed by atoms with van der Waals surface area (Å²) in [6.45, 7) is 4.21. The topological polar surface area (TPSA) is 81.2 Å². The zero-order chi connectivity index (χ0) is 13.8. The van der Waals surface area contributed by atoms with E-state index in [1.165, 1.54) is 6.07 Å². The van der Waals surface area contributed by atoms with Gasteiger partial charge in [-0.2, -0.15) is 0 Å². The normalized spacial score (nSPS) is 12.3. The Hall–Kier alpha value is -2.21. The van der Waals surface area contributed by atoms with Crippen LogP contribution in [0.2, 0.25) is 0 Å².